The molecule has 0 amide bonds. The van der Waals surface area contributed by atoms with Gasteiger partial charge in [0.2, 0.25) is 0 Å². The minimum Gasteiger partial charge on any atom is -0.372 e. The van der Waals surface area contributed by atoms with E-state index in [4.69, 9.17) is 16.3 Å². The van der Waals surface area contributed by atoms with Crippen LogP contribution in [-0.2, 0) is 4.74 Å². The van der Waals surface area contributed by atoms with Crippen LogP contribution in [0.2, 0.25) is 5.02 Å². The number of nitro groups is 1. The van der Waals surface area contributed by atoms with Crippen molar-refractivity contribution in [2.24, 2.45) is 0 Å². The molecule has 1 saturated heterocycles. The molecule has 0 spiro atoms. The lowest BCUT2D eigenvalue weighted by molar-refractivity contribution is -0.384. The number of ether oxygens (including phenoxy) is 1. The molecule has 1 aromatic carbocycles. The van der Waals surface area contributed by atoms with Crippen molar-refractivity contribution >= 4 is 23.0 Å². The molecule has 0 radical (unpaired) electrons. The van der Waals surface area contributed by atoms with Crippen molar-refractivity contribution in [3.8, 4) is 0 Å². The van der Waals surface area contributed by atoms with Crippen molar-refractivity contribution in [3.05, 3.63) is 33.3 Å². The maximum atomic E-state index is 11.1. The third-order valence-electron chi connectivity index (χ3n) is 3.56. The fourth-order valence-corrected chi connectivity index (χ4v) is 2.43. The number of morpholine rings is 1. The van der Waals surface area contributed by atoms with Gasteiger partial charge in [0, 0.05) is 24.2 Å². The molecule has 1 aliphatic heterocycles. The molecular formula is C13H17ClN2O3. The van der Waals surface area contributed by atoms with Gasteiger partial charge in [-0.15, -0.1) is 0 Å². The highest BCUT2D eigenvalue weighted by Gasteiger charge is 2.32. The molecule has 6 heteroatoms. The van der Waals surface area contributed by atoms with Gasteiger partial charge in [-0.05, 0) is 25.5 Å². The molecule has 1 atom stereocenters. The van der Waals surface area contributed by atoms with E-state index in [0.29, 0.717) is 30.4 Å². The van der Waals surface area contributed by atoms with Crippen LogP contribution in [0.15, 0.2) is 18.2 Å². The Morgan fingerprint density at radius 3 is 2.95 bits per heavy atom. The lowest BCUT2D eigenvalue weighted by Gasteiger charge is -2.40. The van der Waals surface area contributed by atoms with Crippen LogP contribution in [0.5, 0.6) is 0 Å². The molecular weight excluding hydrogens is 268 g/mol. The van der Waals surface area contributed by atoms with Gasteiger partial charge in [-0.2, -0.15) is 0 Å². The minimum atomic E-state index is -0.389. The average Bonchev–Trinajstić information content (AvgIpc) is 2.38. The second-order valence-corrected chi connectivity index (χ2v) is 5.40. The Labute approximate surface area is 117 Å². The summed E-state index contributed by atoms with van der Waals surface area (Å²) in [5.74, 6) is 0. The zero-order valence-corrected chi connectivity index (χ0v) is 11.8. The van der Waals surface area contributed by atoms with Crippen LogP contribution < -0.4 is 4.90 Å². The normalized spacial score (nSPS) is 23.4. The Morgan fingerprint density at radius 1 is 1.58 bits per heavy atom. The first-order valence-corrected chi connectivity index (χ1v) is 6.66. The number of nitro benzene ring substituents is 1. The molecule has 19 heavy (non-hydrogen) atoms. The van der Waals surface area contributed by atoms with Gasteiger partial charge in [0.15, 0.2) is 0 Å². The number of benzene rings is 1. The van der Waals surface area contributed by atoms with Gasteiger partial charge in [-0.3, -0.25) is 10.1 Å². The molecule has 0 N–H and O–H groups in total. The summed E-state index contributed by atoms with van der Waals surface area (Å²) in [5, 5.41) is 11.5. The Hall–Kier alpha value is -1.33. The van der Waals surface area contributed by atoms with Crippen molar-refractivity contribution in [2.45, 2.75) is 25.9 Å². The number of anilines is 1. The van der Waals surface area contributed by atoms with E-state index in [1.165, 1.54) is 6.07 Å². The second kappa shape index (κ2) is 5.35. The first-order chi connectivity index (χ1) is 8.95. The molecule has 0 aromatic heterocycles. The number of rotatable bonds is 3. The SMILES string of the molecule is CCC1(C)CN(c2ccc(Cl)cc2[N+](=O)[O-])CCO1. The third-order valence-corrected chi connectivity index (χ3v) is 3.79. The zero-order chi connectivity index (χ0) is 14.0. The highest BCUT2D eigenvalue weighted by Crippen LogP contribution is 2.34. The summed E-state index contributed by atoms with van der Waals surface area (Å²) >= 11 is 5.84. The quantitative estimate of drug-likeness (QED) is 0.631. The number of hydrogen-bond donors (Lipinski definition) is 0. The molecule has 1 aliphatic rings. The van der Waals surface area contributed by atoms with E-state index < -0.39 is 0 Å². The van der Waals surface area contributed by atoms with Gasteiger partial charge in [0.05, 0.1) is 17.1 Å². The first-order valence-electron chi connectivity index (χ1n) is 6.28. The van der Waals surface area contributed by atoms with Gasteiger partial charge in [0.25, 0.3) is 5.69 Å². The van der Waals surface area contributed by atoms with Crippen LogP contribution in [0.25, 0.3) is 0 Å². The van der Waals surface area contributed by atoms with E-state index in [1.807, 2.05) is 11.8 Å². The summed E-state index contributed by atoms with van der Waals surface area (Å²) in [7, 11) is 0. The summed E-state index contributed by atoms with van der Waals surface area (Å²) in [6.45, 7) is 5.95. The van der Waals surface area contributed by atoms with Crippen LogP contribution in [0.4, 0.5) is 11.4 Å². The van der Waals surface area contributed by atoms with Crippen LogP contribution in [0.3, 0.4) is 0 Å². The van der Waals surface area contributed by atoms with Crippen molar-refractivity contribution in [3.63, 3.8) is 0 Å². The molecule has 2 rings (SSSR count). The summed E-state index contributed by atoms with van der Waals surface area (Å²) in [4.78, 5) is 12.7. The van der Waals surface area contributed by atoms with Crippen LogP contribution in [0.1, 0.15) is 20.3 Å². The molecule has 5 nitrogen and oxygen atoms in total. The minimum absolute atomic E-state index is 0.0489. The molecule has 0 bridgehead atoms. The number of nitrogens with zero attached hydrogens (tertiary/aromatic N) is 2. The predicted octanol–water partition coefficient (Wildman–Crippen LogP) is 3.25. The molecule has 0 saturated carbocycles. The van der Waals surface area contributed by atoms with Crippen molar-refractivity contribution < 1.29 is 9.66 Å². The molecule has 1 unspecified atom stereocenters. The van der Waals surface area contributed by atoms with E-state index in [2.05, 4.69) is 6.92 Å². The standard InChI is InChI=1S/C13H17ClN2O3/c1-3-13(2)9-15(6-7-19-13)11-5-4-10(14)8-12(11)16(17)18/h4-5,8H,3,6-7,9H2,1-2H3. The van der Waals surface area contributed by atoms with Gasteiger partial charge in [-0.25, -0.2) is 0 Å². The Bertz CT molecular complexity index is 495. The molecule has 1 fully saturated rings. The summed E-state index contributed by atoms with van der Waals surface area (Å²) in [6, 6.07) is 4.79. The number of halogens is 1. The maximum Gasteiger partial charge on any atom is 0.294 e. The Kier molecular flexibility index (Phi) is 3.96. The van der Waals surface area contributed by atoms with E-state index in [1.54, 1.807) is 12.1 Å². The van der Waals surface area contributed by atoms with E-state index >= 15 is 0 Å². The molecule has 1 aromatic rings. The fraction of sp³-hybridized carbons (Fsp3) is 0.538. The van der Waals surface area contributed by atoms with E-state index in [-0.39, 0.29) is 16.2 Å². The van der Waals surface area contributed by atoms with Gasteiger partial charge in [0.1, 0.15) is 5.69 Å². The van der Waals surface area contributed by atoms with Crippen molar-refractivity contribution in [2.75, 3.05) is 24.6 Å². The van der Waals surface area contributed by atoms with Gasteiger partial charge >= 0.3 is 0 Å². The topological polar surface area (TPSA) is 55.6 Å². The lowest BCUT2D eigenvalue weighted by atomic mass is 10.0. The Morgan fingerprint density at radius 2 is 2.32 bits per heavy atom. The third kappa shape index (κ3) is 2.98. The highest BCUT2D eigenvalue weighted by atomic mass is 35.5. The zero-order valence-electron chi connectivity index (χ0n) is 11.1. The van der Waals surface area contributed by atoms with E-state index in [9.17, 15) is 10.1 Å². The Balaban J connectivity index is 2.33. The highest BCUT2D eigenvalue weighted by molar-refractivity contribution is 6.30. The summed E-state index contributed by atoms with van der Waals surface area (Å²) in [5.41, 5.74) is 0.399. The fourth-order valence-electron chi connectivity index (χ4n) is 2.26. The smallest absolute Gasteiger partial charge is 0.294 e. The largest absolute Gasteiger partial charge is 0.372 e. The first kappa shape index (κ1) is 14.1. The van der Waals surface area contributed by atoms with Gasteiger partial charge in [-0.1, -0.05) is 18.5 Å². The summed E-state index contributed by atoms with van der Waals surface area (Å²) in [6.07, 6.45) is 0.866. The predicted molar refractivity (Wildman–Crippen MR) is 75.0 cm³/mol. The van der Waals surface area contributed by atoms with Crippen molar-refractivity contribution in [1.82, 2.24) is 0 Å². The monoisotopic (exact) mass is 284 g/mol. The van der Waals surface area contributed by atoms with Crippen LogP contribution in [0, 0.1) is 10.1 Å². The van der Waals surface area contributed by atoms with Gasteiger partial charge < -0.3 is 9.64 Å². The van der Waals surface area contributed by atoms with E-state index in [0.717, 1.165) is 6.42 Å². The maximum absolute atomic E-state index is 11.1. The number of hydrogen-bond acceptors (Lipinski definition) is 4. The molecule has 104 valence electrons. The summed E-state index contributed by atoms with van der Waals surface area (Å²) < 4.78 is 5.75. The molecule has 0 aliphatic carbocycles. The average molecular weight is 285 g/mol. The second-order valence-electron chi connectivity index (χ2n) is 4.96. The lowest BCUT2D eigenvalue weighted by Crippen LogP contribution is -2.50. The molecule has 1 heterocycles. The van der Waals surface area contributed by atoms with Crippen LogP contribution in [-0.4, -0.2) is 30.2 Å². The van der Waals surface area contributed by atoms with Crippen molar-refractivity contribution in [1.29, 1.82) is 0 Å². The van der Waals surface area contributed by atoms with Crippen LogP contribution >= 0.6 is 11.6 Å².